The maximum absolute atomic E-state index is 12.9. The molecule has 0 aliphatic heterocycles. The van der Waals surface area contributed by atoms with Gasteiger partial charge in [0.05, 0.1) is 21.3 Å². The van der Waals surface area contributed by atoms with Gasteiger partial charge in [0.1, 0.15) is 22.1 Å². The summed E-state index contributed by atoms with van der Waals surface area (Å²) >= 11 is 0. The van der Waals surface area contributed by atoms with Crippen molar-refractivity contribution in [2.45, 2.75) is 11.4 Å². The van der Waals surface area contributed by atoms with E-state index in [2.05, 4.69) is 0 Å². The van der Waals surface area contributed by atoms with Gasteiger partial charge in [-0.2, -0.15) is 0 Å². The van der Waals surface area contributed by atoms with E-state index >= 15 is 0 Å². The monoisotopic (exact) mass is 422 g/mol. The van der Waals surface area contributed by atoms with E-state index in [0.29, 0.717) is 11.5 Å². The summed E-state index contributed by atoms with van der Waals surface area (Å²) in [6.07, 6.45) is 0. The zero-order chi connectivity index (χ0) is 21.8. The summed E-state index contributed by atoms with van der Waals surface area (Å²) in [5, 5.41) is 0. The van der Waals surface area contributed by atoms with Gasteiger partial charge in [0.2, 0.25) is 10.0 Å². The van der Waals surface area contributed by atoms with Crippen molar-refractivity contribution in [3.8, 4) is 17.2 Å². The van der Waals surface area contributed by atoms with Crippen molar-refractivity contribution >= 4 is 15.9 Å². The number of ether oxygens (including phenoxy) is 3. The molecule has 0 atom stereocenters. The second-order valence-electron chi connectivity index (χ2n) is 6.49. The van der Waals surface area contributed by atoms with Crippen molar-refractivity contribution in [2.24, 2.45) is 0 Å². The smallest absolute Gasteiger partial charge is 0.253 e. The Balaban J connectivity index is 2.35. The largest absolute Gasteiger partial charge is 0.497 e. The molecule has 2 aromatic carbocycles. The number of hydrogen-bond donors (Lipinski definition) is 0. The van der Waals surface area contributed by atoms with Crippen molar-refractivity contribution in [3.05, 3.63) is 47.5 Å². The number of nitrogens with zero attached hydrogens (tertiary/aromatic N) is 2. The third kappa shape index (κ3) is 4.80. The quantitative estimate of drug-likeness (QED) is 0.649. The van der Waals surface area contributed by atoms with Crippen LogP contribution in [0.25, 0.3) is 0 Å². The number of amides is 1. The average Bonchev–Trinajstić information content (AvgIpc) is 2.72. The first-order valence-corrected chi connectivity index (χ1v) is 10.2. The number of carbonyl (C=O) groups is 1. The zero-order valence-electron chi connectivity index (χ0n) is 17.4. The first kappa shape index (κ1) is 22.5. The highest BCUT2D eigenvalue weighted by Gasteiger charge is 2.25. The highest BCUT2D eigenvalue weighted by Crippen LogP contribution is 2.29. The van der Waals surface area contributed by atoms with Gasteiger partial charge in [-0.25, -0.2) is 12.7 Å². The Bertz CT molecular complexity index is 988. The fourth-order valence-corrected chi connectivity index (χ4v) is 3.81. The van der Waals surface area contributed by atoms with E-state index in [1.807, 2.05) is 6.07 Å². The van der Waals surface area contributed by atoms with E-state index in [4.69, 9.17) is 14.2 Å². The van der Waals surface area contributed by atoms with E-state index < -0.39 is 10.0 Å². The van der Waals surface area contributed by atoms with Gasteiger partial charge in [-0.1, -0.05) is 0 Å². The summed E-state index contributed by atoms with van der Waals surface area (Å²) in [6, 6.07) is 9.69. The molecular weight excluding hydrogens is 396 g/mol. The second kappa shape index (κ2) is 9.15. The standard InChI is InChI=1S/C20H26N2O6S/c1-21(2)29(24,25)19-11-14(8-10-17(19)27-5)20(23)22(3)13-15-7-9-16(26-4)12-18(15)28-6/h7-12H,13H2,1-6H3. The minimum absolute atomic E-state index is 0.0636. The summed E-state index contributed by atoms with van der Waals surface area (Å²) in [5.41, 5.74) is 1.03. The normalized spacial score (nSPS) is 11.3. The Morgan fingerprint density at radius 3 is 2.10 bits per heavy atom. The molecule has 29 heavy (non-hydrogen) atoms. The van der Waals surface area contributed by atoms with E-state index in [-0.39, 0.29) is 28.7 Å². The van der Waals surface area contributed by atoms with Crippen LogP contribution >= 0.6 is 0 Å². The fraction of sp³-hybridized carbons (Fsp3) is 0.350. The molecular formula is C20H26N2O6S. The summed E-state index contributed by atoms with van der Waals surface area (Å²) in [4.78, 5) is 14.4. The van der Waals surface area contributed by atoms with Crippen LogP contribution in [0.2, 0.25) is 0 Å². The van der Waals surface area contributed by atoms with Gasteiger partial charge in [0.15, 0.2) is 0 Å². The van der Waals surface area contributed by atoms with Crippen LogP contribution in [-0.4, -0.2) is 66.0 Å². The molecule has 158 valence electrons. The van der Waals surface area contributed by atoms with Crippen molar-refractivity contribution < 1.29 is 27.4 Å². The molecule has 0 spiro atoms. The van der Waals surface area contributed by atoms with Gasteiger partial charge in [0, 0.05) is 44.9 Å². The summed E-state index contributed by atoms with van der Waals surface area (Å²) in [5.74, 6) is 1.08. The van der Waals surface area contributed by atoms with Gasteiger partial charge in [-0.3, -0.25) is 4.79 Å². The molecule has 0 aliphatic carbocycles. The molecule has 0 aliphatic rings. The lowest BCUT2D eigenvalue weighted by molar-refractivity contribution is 0.0784. The van der Waals surface area contributed by atoms with E-state index in [9.17, 15) is 13.2 Å². The van der Waals surface area contributed by atoms with Crippen molar-refractivity contribution in [3.63, 3.8) is 0 Å². The van der Waals surface area contributed by atoms with Crippen molar-refractivity contribution in [2.75, 3.05) is 42.5 Å². The van der Waals surface area contributed by atoms with E-state index in [0.717, 1.165) is 9.87 Å². The topological polar surface area (TPSA) is 85.4 Å². The van der Waals surface area contributed by atoms with E-state index in [1.54, 1.807) is 33.4 Å². The Kier molecular flexibility index (Phi) is 7.10. The average molecular weight is 423 g/mol. The third-order valence-electron chi connectivity index (χ3n) is 4.42. The number of rotatable bonds is 8. The van der Waals surface area contributed by atoms with E-state index in [1.165, 1.54) is 44.3 Å². The molecule has 8 nitrogen and oxygen atoms in total. The molecule has 0 unspecified atom stereocenters. The van der Waals surface area contributed by atoms with Gasteiger partial charge >= 0.3 is 0 Å². The number of benzene rings is 2. The molecule has 0 bridgehead atoms. The Hall–Kier alpha value is -2.78. The predicted molar refractivity (Wildman–Crippen MR) is 109 cm³/mol. The molecule has 0 fully saturated rings. The van der Waals surface area contributed by atoms with Crippen LogP contribution in [0.5, 0.6) is 17.2 Å². The summed E-state index contributed by atoms with van der Waals surface area (Å²) < 4.78 is 42.0. The lowest BCUT2D eigenvalue weighted by Crippen LogP contribution is -2.27. The minimum Gasteiger partial charge on any atom is -0.497 e. The summed E-state index contributed by atoms with van der Waals surface area (Å²) in [6.45, 7) is 0.272. The van der Waals surface area contributed by atoms with Gasteiger partial charge < -0.3 is 19.1 Å². The van der Waals surface area contributed by atoms with Crippen molar-refractivity contribution in [1.82, 2.24) is 9.21 Å². The molecule has 0 N–H and O–H groups in total. The van der Waals surface area contributed by atoms with Gasteiger partial charge in [0.25, 0.3) is 5.91 Å². The molecule has 1 amide bonds. The van der Waals surface area contributed by atoms with Gasteiger partial charge in [-0.05, 0) is 30.3 Å². The minimum atomic E-state index is -3.77. The number of hydrogen-bond acceptors (Lipinski definition) is 6. The first-order valence-electron chi connectivity index (χ1n) is 8.72. The van der Waals surface area contributed by atoms with Gasteiger partial charge in [-0.15, -0.1) is 0 Å². The lowest BCUT2D eigenvalue weighted by Gasteiger charge is -2.20. The molecule has 9 heteroatoms. The van der Waals surface area contributed by atoms with Crippen molar-refractivity contribution in [1.29, 1.82) is 0 Å². The van der Waals surface area contributed by atoms with Crippen LogP contribution < -0.4 is 14.2 Å². The van der Waals surface area contributed by atoms with Crippen LogP contribution in [0, 0.1) is 0 Å². The zero-order valence-corrected chi connectivity index (χ0v) is 18.2. The molecule has 2 aromatic rings. The maximum atomic E-state index is 12.9. The second-order valence-corrected chi connectivity index (χ2v) is 8.61. The Labute approximate surface area is 171 Å². The maximum Gasteiger partial charge on any atom is 0.253 e. The van der Waals surface area contributed by atoms with Crippen LogP contribution in [0.15, 0.2) is 41.3 Å². The predicted octanol–water partition coefficient (Wildman–Crippen LogP) is 2.23. The SMILES string of the molecule is COc1ccc(CN(C)C(=O)c2ccc(OC)c(S(=O)(=O)N(C)C)c2)c(OC)c1. The highest BCUT2D eigenvalue weighted by atomic mass is 32.2. The first-order chi connectivity index (χ1) is 13.6. The summed E-state index contributed by atoms with van der Waals surface area (Å²) in [7, 11) is 5.19. The number of methoxy groups -OCH3 is 3. The van der Waals surface area contributed by atoms with Crippen LogP contribution in [0.1, 0.15) is 15.9 Å². The molecule has 0 heterocycles. The Morgan fingerprint density at radius 2 is 1.55 bits per heavy atom. The lowest BCUT2D eigenvalue weighted by atomic mass is 10.1. The van der Waals surface area contributed by atoms with Crippen LogP contribution in [0.3, 0.4) is 0 Å². The number of sulfonamides is 1. The highest BCUT2D eigenvalue weighted by molar-refractivity contribution is 7.89. The third-order valence-corrected chi connectivity index (χ3v) is 6.25. The number of carbonyl (C=O) groups excluding carboxylic acids is 1. The molecule has 0 saturated carbocycles. The van der Waals surface area contributed by atoms with Crippen LogP contribution in [-0.2, 0) is 16.6 Å². The fourth-order valence-electron chi connectivity index (χ4n) is 2.74. The van der Waals surface area contributed by atoms with Crippen LogP contribution in [0.4, 0.5) is 0 Å². The molecule has 0 radical (unpaired) electrons. The molecule has 0 aromatic heterocycles. The molecule has 2 rings (SSSR count). The Morgan fingerprint density at radius 1 is 0.897 bits per heavy atom. The molecule has 0 saturated heterocycles.